The number of aromatic amines is 1. The van der Waals surface area contributed by atoms with Crippen molar-refractivity contribution >= 4 is 39.6 Å². The number of anilines is 1. The van der Waals surface area contributed by atoms with E-state index in [4.69, 9.17) is 9.15 Å². The summed E-state index contributed by atoms with van der Waals surface area (Å²) in [6.07, 6.45) is 0. The molecular formula is C29H23N3O5. The lowest BCUT2D eigenvalue weighted by Crippen LogP contribution is -2.32. The Morgan fingerprint density at radius 2 is 1.84 bits per heavy atom. The minimum atomic E-state index is -0.967. The summed E-state index contributed by atoms with van der Waals surface area (Å²) in [7, 11) is 1.54. The largest absolute Gasteiger partial charge is 0.503 e. The second-order valence-electron chi connectivity index (χ2n) is 9.11. The van der Waals surface area contributed by atoms with E-state index >= 15 is 0 Å². The van der Waals surface area contributed by atoms with Gasteiger partial charge in [-0.25, -0.2) is 4.98 Å². The summed E-state index contributed by atoms with van der Waals surface area (Å²) in [6, 6.07) is 18.8. The molecule has 0 radical (unpaired) electrons. The van der Waals surface area contributed by atoms with Crippen molar-refractivity contribution < 1.29 is 23.8 Å². The summed E-state index contributed by atoms with van der Waals surface area (Å²) in [4.78, 5) is 36.5. The van der Waals surface area contributed by atoms with Gasteiger partial charge in [-0.2, -0.15) is 0 Å². The number of aryl methyl sites for hydroxylation is 2. The number of imidazole rings is 1. The minimum absolute atomic E-state index is 0.0288. The number of nitrogens with zero attached hydrogens (tertiary/aromatic N) is 2. The maximum absolute atomic E-state index is 13.8. The van der Waals surface area contributed by atoms with Crippen molar-refractivity contribution in [3.05, 3.63) is 101 Å². The minimum Gasteiger partial charge on any atom is -0.503 e. The van der Waals surface area contributed by atoms with E-state index in [1.807, 2.05) is 44.2 Å². The zero-order valence-corrected chi connectivity index (χ0v) is 20.4. The summed E-state index contributed by atoms with van der Waals surface area (Å²) < 4.78 is 11.2. The Bertz CT molecular complexity index is 1690. The van der Waals surface area contributed by atoms with Crippen LogP contribution in [0.5, 0.6) is 5.75 Å². The van der Waals surface area contributed by atoms with Crippen LogP contribution in [0.25, 0.3) is 22.0 Å². The number of furan rings is 1. The third kappa shape index (κ3) is 3.57. The molecule has 5 aromatic rings. The topological polar surface area (TPSA) is 109 Å². The fourth-order valence-corrected chi connectivity index (χ4v) is 4.78. The number of carbonyl (C=O) groups excluding carboxylic acids is 2. The molecule has 3 aromatic carbocycles. The van der Waals surface area contributed by atoms with Gasteiger partial charge in [-0.3, -0.25) is 14.5 Å². The third-order valence-corrected chi connectivity index (χ3v) is 6.82. The maximum atomic E-state index is 13.8. The Labute approximate surface area is 211 Å². The molecule has 1 atom stereocenters. The lowest BCUT2D eigenvalue weighted by Gasteiger charge is -2.24. The number of rotatable bonds is 5. The van der Waals surface area contributed by atoms with E-state index in [-0.39, 0.29) is 17.3 Å². The van der Waals surface area contributed by atoms with Crippen LogP contribution >= 0.6 is 0 Å². The Hall–Kier alpha value is -4.85. The zero-order chi connectivity index (χ0) is 25.8. The highest BCUT2D eigenvalue weighted by Crippen LogP contribution is 2.42. The number of aromatic nitrogens is 2. The predicted octanol–water partition coefficient (Wildman–Crippen LogP) is 5.72. The molecule has 8 heteroatoms. The molecule has 1 unspecified atom stereocenters. The number of benzene rings is 3. The first-order valence-corrected chi connectivity index (χ1v) is 11.8. The van der Waals surface area contributed by atoms with Crippen LogP contribution in [0.1, 0.15) is 33.3 Å². The second-order valence-corrected chi connectivity index (χ2v) is 9.11. The van der Waals surface area contributed by atoms with E-state index < -0.39 is 23.5 Å². The fourth-order valence-electron chi connectivity index (χ4n) is 4.78. The van der Waals surface area contributed by atoms with Crippen LogP contribution in [0.2, 0.25) is 0 Å². The first kappa shape index (κ1) is 22.6. The molecule has 0 fully saturated rings. The van der Waals surface area contributed by atoms with Gasteiger partial charge in [0.25, 0.3) is 5.91 Å². The highest BCUT2D eigenvalue weighted by Gasteiger charge is 2.46. The first-order chi connectivity index (χ1) is 17.9. The smallest absolute Gasteiger partial charge is 0.296 e. The standard InChI is InChI=1S/C29H23N3O5/c1-15-11-20-21(12-16(15)2)31-29(30-20)32-25(18-8-6-9-19(13-18)36-3)24(27(34)28(32)35)26(33)23-14-17-7-4-5-10-22(17)37-23/h4-14,25,34H,1-3H3,(H,30,31). The molecule has 1 aliphatic heterocycles. The zero-order valence-electron chi connectivity index (χ0n) is 20.4. The predicted molar refractivity (Wildman–Crippen MR) is 139 cm³/mol. The lowest BCUT2D eigenvalue weighted by molar-refractivity contribution is -0.117. The number of amides is 1. The van der Waals surface area contributed by atoms with E-state index in [1.165, 1.54) is 12.0 Å². The quantitative estimate of drug-likeness (QED) is 0.303. The Morgan fingerprint density at radius 3 is 2.62 bits per heavy atom. The maximum Gasteiger partial charge on any atom is 0.296 e. The van der Waals surface area contributed by atoms with Gasteiger partial charge in [0.1, 0.15) is 11.3 Å². The van der Waals surface area contributed by atoms with Crippen molar-refractivity contribution in [3.63, 3.8) is 0 Å². The highest BCUT2D eigenvalue weighted by molar-refractivity contribution is 6.20. The number of para-hydroxylation sites is 1. The molecule has 0 bridgehead atoms. The molecule has 0 spiro atoms. The Balaban J connectivity index is 1.52. The molecule has 2 N–H and O–H groups in total. The summed E-state index contributed by atoms with van der Waals surface area (Å²) in [5, 5.41) is 11.8. The van der Waals surface area contributed by atoms with Gasteiger partial charge in [0.15, 0.2) is 11.5 Å². The van der Waals surface area contributed by atoms with Gasteiger partial charge in [-0.05, 0) is 66.9 Å². The number of hydrogen-bond donors (Lipinski definition) is 2. The monoisotopic (exact) mass is 493 g/mol. The number of nitrogens with one attached hydrogen (secondary N) is 1. The molecule has 0 saturated carbocycles. The number of methoxy groups -OCH3 is 1. The van der Waals surface area contributed by atoms with Crippen molar-refractivity contribution in [1.82, 2.24) is 9.97 Å². The van der Waals surface area contributed by atoms with Gasteiger partial charge in [-0.1, -0.05) is 30.3 Å². The van der Waals surface area contributed by atoms with Gasteiger partial charge >= 0.3 is 0 Å². The van der Waals surface area contributed by atoms with Crippen molar-refractivity contribution in [2.24, 2.45) is 0 Å². The number of Topliss-reactive ketones (excluding diaryl/α,β-unsaturated/α-hetero) is 1. The van der Waals surface area contributed by atoms with E-state index in [9.17, 15) is 14.7 Å². The van der Waals surface area contributed by atoms with Crippen molar-refractivity contribution in [3.8, 4) is 5.75 Å². The van der Waals surface area contributed by atoms with Crippen molar-refractivity contribution in [2.75, 3.05) is 12.0 Å². The number of carbonyl (C=O) groups is 2. The number of aliphatic hydroxyl groups is 1. The number of ether oxygens (including phenoxy) is 1. The number of ketones is 1. The van der Waals surface area contributed by atoms with Crippen molar-refractivity contribution in [2.45, 2.75) is 19.9 Å². The molecule has 3 heterocycles. The number of hydrogen-bond acceptors (Lipinski definition) is 6. The molecule has 6 rings (SSSR count). The average Bonchev–Trinajstić information content (AvgIpc) is 3.58. The van der Waals surface area contributed by atoms with Crippen LogP contribution < -0.4 is 9.64 Å². The SMILES string of the molecule is COc1cccc(C2C(C(=O)c3cc4ccccc4o3)=C(O)C(=O)N2c2nc3cc(C)c(C)cc3[nH]2)c1. The molecular weight excluding hydrogens is 470 g/mol. The number of fused-ring (bicyclic) bond motifs is 2. The molecule has 2 aromatic heterocycles. The molecule has 37 heavy (non-hydrogen) atoms. The van der Waals surface area contributed by atoms with E-state index in [0.29, 0.717) is 22.4 Å². The summed E-state index contributed by atoms with van der Waals surface area (Å²) >= 11 is 0. The summed E-state index contributed by atoms with van der Waals surface area (Å²) in [5.74, 6) is -1.17. The van der Waals surface area contributed by atoms with Crippen LogP contribution in [0.4, 0.5) is 5.95 Å². The molecule has 1 amide bonds. The van der Waals surface area contributed by atoms with Gasteiger partial charge in [0, 0.05) is 5.39 Å². The van der Waals surface area contributed by atoms with Crippen LogP contribution in [-0.2, 0) is 4.79 Å². The highest BCUT2D eigenvalue weighted by atomic mass is 16.5. The molecule has 0 aliphatic carbocycles. The number of H-pyrrole nitrogens is 1. The Kier molecular flexibility index (Phi) is 5.12. The second kappa shape index (κ2) is 8.37. The van der Waals surface area contributed by atoms with Gasteiger partial charge in [0.05, 0.1) is 29.8 Å². The normalized spacial score (nSPS) is 15.8. The van der Waals surface area contributed by atoms with Crippen molar-refractivity contribution in [1.29, 1.82) is 0 Å². The van der Waals surface area contributed by atoms with Crippen LogP contribution in [0.15, 0.2) is 82.5 Å². The van der Waals surface area contributed by atoms with Gasteiger partial charge in [0.2, 0.25) is 11.7 Å². The van der Waals surface area contributed by atoms with E-state index in [0.717, 1.165) is 22.0 Å². The lowest BCUT2D eigenvalue weighted by atomic mass is 9.95. The molecule has 1 aliphatic rings. The molecule has 184 valence electrons. The molecule has 0 saturated heterocycles. The van der Waals surface area contributed by atoms with Crippen LogP contribution in [0.3, 0.4) is 0 Å². The van der Waals surface area contributed by atoms with E-state index in [2.05, 4.69) is 9.97 Å². The Morgan fingerprint density at radius 1 is 1.05 bits per heavy atom. The van der Waals surface area contributed by atoms with Gasteiger partial charge < -0.3 is 19.2 Å². The fraction of sp³-hybridized carbons (Fsp3) is 0.138. The first-order valence-electron chi connectivity index (χ1n) is 11.8. The summed E-state index contributed by atoms with van der Waals surface area (Å²) in [5.41, 5.74) is 4.56. The third-order valence-electron chi connectivity index (χ3n) is 6.82. The van der Waals surface area contributed by atoms with E-state index in [1.54, 1.807) is 36.4 Å². The molecule has 8 nitrogen and oxygen atoms in total. The van der Waals surface area contributed by atoms with Crippen LogP contribution in [-0.4, -0.2) is 33.9 Å². The van der Waals surface area contributed by atoms with Gasteiger partial charge in [-0.15, -0.1) is 0 Å². The van der Waals surface area contributed by atoms with Crippen LogP contribution in [0, 0.1) is 13.8 Å². The number of aliphatic hydroxyl groups excluding tert-OH is 1. The average molecular weight is 494 g/mol. The summed E-state index contributed by atoms with van der Waals surface area (Å²) in [6.45, 7) is 3.98.